The molecule has 0 atom stereocenters. The monoisotopic (exact) mass is 224 g/mol. The third-order valence-corrected chi connectivity index (χ3v) is 3.58. The minimum Gasteiger partial charge on any atom is -0.374 e. The fraction of sp³-hybridized carbons (Fsp3) is 1.00. The Balaban J connectivity index is 2.09. The molecule has 0 spiro atoms. The standard InChI is InChI=1S/C6H9IO/c7-4-6-1-5(2-6)3-8-6/h5H,1-4H2/t5-,6+. The van der Waals surface area contributed by atoms with Crippen LogP contribution in [0.15, 0.2) is 0 Å². The maximum atomic E-state index is 5.56. The van der Waals surface area contributed by atoms with Gasteiger partial charge in [-0.25, -0.2) is 0 Å². The summed E-state index contributed by atoms with van der Waals surface area (Å²) >= 11 is 2.42. The largest absolute Gasteiger partial charge is 0.374 e. The first-order valence-electron chi connectivity index (χ1n) is 3.05. The van der Waals surface area contributed by atoms with Crippen LogP contribution < -0.4 is 0 Å². The van der Waals surface area contributed by atoms with Crippen molar-refractivity contribution in [2.75, 3.05) is 11.0 Å². The molecule has 1 nitrogen and oxygen atoms in total. The predicted octanol–water partition coefficient (Wildman–Crippen LogP) is 1.60. The van der Waals surface area contributed by atoms with Crippen molar-refractivity contribution in [3.63, 3.8) is 0 Å². The van der Waals surface area contributed by atoms with Crippen LogP contribution in [0.4, 0.5) is 0 Å². The zero-order chi connectivity index (χ0) is 5.61. The molecule has 0 amide bonds. The van der Waals surface area contributed by atoms with Crippen LogP contribution in [0.1, 0.15) is 12.8 Å². The molecule has 2 bridgehead atoms. The van der Waals surface area contributed by atoms with Gasteiger partial charge in [-0.2, -0.15) is 0 Å². The van der Waals surface area contributed by atoms with Gasteiger partial charge in [-0.05, 0) is 18.8 Å². The SMILES string of the molecule is IC[C@]12C[C@H](CO1)C2. The van der Waals surface area contributed by atoms with Gasteiger partial charge in [0.25, 0.3) is 0 Å². The lowest BCUT2D eigenvalue weighted by Crippen LogP contribution is -2.37. The highest BCUT2D eigenvalue weighted by Gasteiger charge is 2.50. The molecule has 0 aromatic rings. The summed E-state index contributed by atoms with van der Waals surface area (Å²) in [6, 6.07) is 0. The lowest BCUT2D eigenvalue weighted by Gasteiger charge is -2.33. The molecule has 0 unspecified atom stereocenters. The summed E-state index contributed by atoms with van der Waals surface area (Å²) in [7, 11) is 0. The smallest absolute Gasteiger partial charge is 0.0778 e. The molecule has 46 valence electrons. The second kappa shape index (κ2) is 1.59. The predicted molar refractivity (Wildman–Crippen MR) is 40.3 cm³/mol. The zero-order valence-electron chi connectivity index (χ0n) is 4.69. The van der Waals surface area contributed by atoms with E-state index in [0.717, 1.165) is 12.5 Å². The minimum absolute atomic E-state index is 0.366. The van der Waals surface area contributed by atoms with Crippen LogP contribution >= 0.6 is 22.6 Å². The molecule has 3 rings (SSSR count). The lowest BCUT2D eigenvalue weighted by molar-refractivity contribution is 0.0278. The Morgan fingerprint density at radius 1 is 1.62 bits per heavy atom. The van der Waals surface area contributed by atoms with Crippen molar-refractivity contribution in [1.82, 2.24) is 0 Å². The summed E-state index contributed by atoms with van der Waals surface area (Å²) in [5.74, 6) is 0.935. The summed E-state index contributed by atoms with van der Waals surface area (Å²) in [5.41, 5.74) is 0.366. The average Bonchev–Trinajstić information content (AvgIpc) is 2.17. The molecular formula is C6H9IO. The molecule has 3 aliphatic rings. The Morgan fingerprint density at radius 3 is 2.62 bits per heavy atom. The third kappa shape index (κ3) is 0.559. The number of fused-ring (bicyclic) bond motifs is 1. The minimum atomic E-state index is 0.366. The Bertz CT molecular complexity index is 102. The van der Waals surface area contributed by atoms with E-state index in [1.807, 2.05) is 0 Å². The van der Waals surface area contributed by atoms with Crippen LogP contribution in [0.25, 0.3) is 0 Å². The Labute approximate surface area is 62.9 Å². The van der Waals surface area contributed by atoms with E-state index in [-0.39, 0.29) is 0 Å². The number of hydrogen-bond acceptors (Lipinski definition) is 1. The normalized spacial score (nSPS) is 51.4. The quantitative estimate of drug-likeness (QED) is 0.485. The maximum absolute atomic E-state index is 5.56. The first-order chi connectivity index (χ1) is 3.85. The fourth-order valence-electron chi connectivity index (χ4n) is 1.67. The van der Waals surface area contributed by atoms with Crippen molar-refractivity contribution in [1.29, 1.82) is 0 Å². The topological polar surface area (TPSA) is 9.23 Å². The summed E-state index contributed by atoms with van der Waals surface area (Å²) in [5, 5.41) is 0. The van der Waals surface area contributed by atoms with Gasteiger partial charge in [0.05, 0.1) is 12.2 Å². The molecule has 2 aliphatic heterocycles. The molecule has 1 saturated carbocycles. The Morgan fingerprint density at radius 2 is 2.38 bits per heavy atom. The number of rotatable bonds is 1. The van der Waals surface area contributed by atoms with Crippen LogP contribution in [0.3, 0.4) is 0 Å². The van der Waals surface area contributed by atoms with Gasteiger partial charge in [-0.3, -0.25) is 0 Å². The molecule has 0 aromatic heterocycles. The molecule has 2 heterocycles. The summed E-state index contributed by atoms with van der Waals surface area (Å²) in [6.45, 7) is 1.04. The molecule has 0 N–H and O–H groups in total. The van der Waals surface area contributed by atoms with Crippen molar-refractivity contribution < 1.29 is 4.74 Å². The van der Waals surface area contributed by atoms with E-state index in [1.54, 1.807) is 0 Å². The van der Waals surface area contributed by atoms with Crippen LogP contribution in [-0.2, 0) is 4.74 Å². The zero-order valence-corrected chi connectivity index (χ0v) is 6.85. The van der Waals surface area contributed by atoms with Gasteiger partial charge in [0.1, 0.15) is 0 Å². The second-order valence-corrected chi connectivity index (χ2v) is 3.66. The van der Waals surface area contributed by atoms with Crippen molar-refractivity contribution in [2.45, 2.75) is 18.4 Å². The molecule has 3 fully saturated rings. The van der Waals surface area contributed by atoms with Crippen molar-refractivity contribution in [2.24, 2.45) is 5.92 Å². The number of hydrogen-bond donors (Lipinski definition) is 0. The van der Waals surface area contributed by atoms with Crippen LogP contribution in [0.2, 0.25) is 0 Å². The van der Waals surface area contributed by atoms with Gasteiger partial charge < -0.3 is 4.74 Å². The third-order valence-electron chi connectivity index (χ3n) is 2.19. The summed E-state index contributed by atoms with van der Waals surface area (Å²) in [4.78, 5) is 0. The number of alkyl halides is 1. The van der Waals surface area contributed by atoms with Gasteiger partial charge >= 0.3 is 0 Å². The highest BCUT2D eigenvalue weighted by atomic mass is 127. The molecule has 8 heavy (non-hydrogen) atoms. The summed E-state index contributed by atoms with van der Waals surface area (Å²) in [6.07, 6.45) is 2.69. The molecule has 0 aromatic carbocycles. The molecule has 2 saturated heterocycles. The van der Waals surface area contributed by atoms with Gasteiger partial charge in [-0.1, -0.05) is 22.6 Å². The summed E-state index contributed by atoms with van der Waals surface area (Å²) < 4.78 is 6.75. The average molecular weight is 224 g/mol. The number of ether oxygens (including phenoxy) is 1. The van der Waals surface area contributed by atoms with E-state index < -0.39 is 0 Å². The molecule has 1 aliphatic carbocycles. The highest BCUT2D eigenvalue weighted by Crippen LogP contribution is 2.49. The first-order valence-corrected chi connectivity index (χ1v) is 4.57. The fourth-order valence-corrected chi connectivity index (χ4v) is 2.51. The van der Waals surface area contributed by atoms with Gasteiger partial charge in [0.15, 0.2) is 0 Å². The Kier molecular flexibility index (Phi) is 1.09. The van der Waals surface area contributed by atoms with E-state index in [9.17, 15) is 0 Å². The van der Waals surface area contributed by atoms with Crippen molar-refractivity contribution >= 4 is 22.6 Å². The second-order valence-electron chi connectivity index (χ2n) is 2.90. The molecular weight excluding hydrogens is 215 g/mol. The first kappa shape index (κ1) is 5.47. The van der Waals surface area contributed by atoms with E-state index >= 15 is 0 Å². The van der Waals surface area contributed by atoms with Gasteiger partial charge in [-0.15, -0.1) is 0 Å². The van der Waals surface area contributed by atoms with E-state index in [1.165, 1.54) is 17.3 Å². The van der Waals surface area contributed by atoms with E-state index in [4.69, 9.17) is 4.74 Å². The molecule has 2 heteroatoms. The van der Waals surface area contributed by atoms with Crippen molar-refractivity contribution in [3.8, 4) is 0 Å². The van der Waals surface area contributed by atoms with Crippen LogP contribution in [0, 0.1) is 5.92 Å². The van der Waals surface area contributed by atoms with Gasteiger partial charge in [0, 0.05) is 4.43 Å². The van der Waals surface area contributed by atoms with Crippen LogP contribution in [-0.4, -0.2) is 16.6 Å². The van der Waals surface area contributed by atoms with Crippen molar-refractivity contribution in [3.05, 3.63) is 0 Å². The van der Waals surface area contributed by atoms with E-state index in [0.29, 0.717) is 5.60 Å². The van der Waals surface area contributed by atoms with Gasteiger partial charge in [0.2, 0.25) is 0 Å². The van der Waals surface area contributed by atoms with Crippen LogP contribution in [0.5, 0.6) is 0 Å². The van der Waals surface area contributed by atoms with E-state index in [2.05, 4.69) is 22.6 Å². The Hall–Kier alpha value is 0.690. The lowest BCUT2D eigenvalue weighted by atomic mass is 9.76. The number of halogens is 1. The highest BCUT2D eigenvalue weighted by molar-refractivity contribution is 14.1. The maximum Gasteiger partial charge on any atom is 0.0778 e. The molecule has 0 radical (unpaired) electrons.